The third-order valence-corrected chi connectivity index (χ3v) is 7.28. The van der Waals surface area contributed by atoms with Gasteiger partial charge >= 0.3 is 5.97 Å². The number of rotatable bonds is 8. The highest BCUT2D eigenvalue weighted by Crippen LogP contribution is 2.43. The topological polar surface area (TPSA) is 26.3 Å². The van der Waals surface area contributed by atoms with Gasteiger partial charge in [-0.25, -0.2) is 8.78 Å². The number of benzene rings is 1. The van der Waals surface area contributed by atoms with E-state index >= 15 is 0 Å². The minimum Gasteiger partial charge on any atom is -0.462 e. The van der Waals surface area contributed by atoms with Gasteiger partial charge in [0.1, 0.15) is 12.0 Å². The van der Waals surface area contributed by atoms with Crippen molar-refractivity contribution in [3.8, 4) is 0 Å². The van der Waals surface area contributed by atoms with E-state index in [0.717, 1.165) is 51.4 Å². The molecule has 168 valence electrons. The predicted octanol–water partition coefficient (Wildman–Crippen LogP) is 7.14. The van der Waals surface area contributed by atoms with Gasteiger partial charge in [0.05, 0.1) is 0 Å². The molecule has 0 N–H and O–H groups in total. The molecule has 2 aliphatic carbocycles. The summed E-state index contributed by atoms with van der Waals surface area (Å²) in [5.41, 5.74) is 2.78. The Bertz CT molecular complexity index is 662. The van der Waals surface area contributed by atoms with E-state index in [0.29, 0.717) is 12.3 Å². The van der Waals surface area contributed by atoms with Crippen molar-refractivity contribution in [3.63, 3.8) is 0 Å². The molecular formula is C26H38F2O2. The zero-order valence-electron chi connectivity index (χ0n) is 18.7. The zero-order chi connectivity index (χ0) is 21.6. The molecule has 0 radical (unpaired) electrons. The molecule has 2 unspecified atom stereocenters. The molecule has 0 bridgehead atoms. The largest absolute Gasteiger partial charge is 0.462 e. The average Bonchev–Trinajstić information content (AvgIpc) is 2.73. The number of esters is 1. The molecule has 0 aliphatic heterocycles. The molecule has 0 heterocycles. The first-order valence-corrected chi connectivity index (χ1v) is 12.1. The molecule has 0 spiro atoms. The van der Waals surface area contributed by atoms with Gasteiger partial charge in [-0.15, -0.1) is 0 Å². The summed E-state index contributed by atoms with van der Waals surface area (Å²) in [7, 11) is 0. The van der Waals surface area contributed by atoms with Crippen LogP contribution >= 0.6 is 0 Å². The van der Waals surface area contributed by atoms with Crippen LogP contribution in [0.25, 0.3) is 0 Å². The van der Waals surface area contributed by atoms with Crippen molar-refractivity contribution < 1.29 is 18.3 Å². The number of carbonyl (C=O) groups excluding carboxylic acids is 1. The second-order valence-corrected chi connectivity index (χ2v) is 9.55. The number of hydrogen-bond donors (Lipinski definition) is 0. The number of alkyl halides is 2. The van der Waals surface area contributed by atoms with Gasteiger partial charge in [-0.05, 0) is 80.8 Å². The molecule has 2 aliphatic rings. The maximum atomic E-state index is 14.4. The molecule has 0 aromatic heterocycles. The van der Waals surface area contributed by atoms with Crippen LogP contribution in [0.15, 0.2) is 24.3 Å². The van der Waals surface area contributed by atoms with Crippen LogP contribution in [0.4, 0.5) is 8.78 Å². The van der Waals surface area contributed by atoms with Gasteiger partial charge in [-0.2, -0.15) is 0 Å². The second kappa shape index (κ2) is 10.7. The highest BCUT2D eigenvalue weighted by atomic mass is 19.3. The SMILES string of the molecule is CCCc1ccc(CCC2CCC(OC(=O)C3CCC(CC)CC3(F)F)CC2)cc1. The predicted molar refractivity (Wildman–Crippen MR) is 117 cm³/mol. The fourth-order valence-corrected chi connectivity index (χ4v) is 5.20. The molecule has 2 nitrogen and oxygen atoms in total. The summed E-state index contributed by atoms with van der Waals surface area (Å²) < 4.78 is 34.4. The first-order valence-electron chi connectivity index (χ1n) is 12.1. The Labute approximate surface area is 180 Å². The average molecular weight is 421 g/mol. The minimum absolute atomic E-state index is 0.0299. The maximum absolute atomic E-state index is 14.4. The van der Waals surface area contributed by atoms with E-state index in [1.54, 1.807) is 0 Å². The zero-order valence-corrected chi connectivity index (χ0v) is 18.7. The number of aryl methyl sites for hydroxylation is 2. The van der Waals surface area contributed by atoms with Gasteiger partial charge < -0.3 is 4.74 Å². The van der Waals surface area contributed by atoms with Crippen molar-refractivity contribution in [1.29, 1.82) is 0 Å². The van der Waals surface area contributed by atoms with E-state index < -0.39 is 17.8 Å². The number of hydrogen-bond acceptors (Lipinski definition) is 2. The highest BCUT2D eigenvalue weighted by molar-refractivity contribution is 5.74. The third kappa shape index (κ3) is 6.28. The molecule has 2 fully saturated rings. The lowest BCUT2D eigenvalue weighted by Crippen LogP contribution is -2.42. The fraction of sp³-hybridized carbons (Fsp3) is 0.731. The van der Waals surface area contributed by atoms with Crippen LogP contribution in [0.3, 0.4) is 0 Å². The van der Waals surface area contributed by atoms with Crippen LogP contribution < -0.4 is 0 Å². The smallest absolute Gasteiger partial charge is 0.315 e. The summed E-state index contributed by atoms with van der Waals surface area (Å²) in [5.74, 6) is -4.15. The van der Waals surface area contributed by atoms with Crippen molar-refractivity contribution in [2.24, 2.45) is 17.8 Å². The monoisotopic (exact) mass is 420 g/mol. The lowest BCUT2D eigenvalue weighted by atomic mass is 9.78. The van der Waals surface area contributed by atoms with Crippen molar-refractivity contribution in [1.82, 2.24) is 0 Å². The lowest BCUT2D eigenvalue weighted by molar-refractivity contribution is -0.178. The summed E-state index contributed by atoms with van der Waals surface area (Å²) in [4.78, 5) is 12.4. The molecule has 3 rings (SSSR count). The molecule has 1 aromatic rings. The number of halogens is 2. The fourth-order valence-electron chi connectivity index (χ4n) is 5.20. The molecule has 4 heteroatoms. The van der Waals surface area contributed by atoms with Gasteiger partial charge in [-0.3, -0.25) is 4.79 Å². The van der Waals surface area contributed by atoms with Crippen LogP contribution in [-0.4, -0.2) is 18.0 Å². The molecular weight excluding hydrogens is 382 g/mol. The summed E-state index contributed by atoms with van der Waals surface area (Å²) in [6, 6.07) is 8.95. The Morgan fingerprint density at radius 2 is 1.53 bits per heavy atom. The Hall–Kier alpha value is -1.45. The van der Waals surface area contributed by atoms with Crippen LogP contribution in [0.2, 0.25) is 0 Å². The van der Waals surface area contributed by atoms with Crippen molar-refractivity contribution in [2.75, 3.05) is 0 Å². The van der Waals surface area contributed by atoms with Crippen molar-refractivity contribution in [3.05, 3.63) is 35.4 Å². The van der Waals surface area contributed by atoms with Gasteiger partial charge in [0, 0.05) is 6.42 Å². The molecule has 30 heavy (non-hydrogen) atoms. The van der Waals surface area contributed by atoms with E-state index in [-0.39, 0.29) is 24.9 Å². The third-order valence-electron chi connectivity index (χ3n) is 7.28. The van der Waals surface area contributed by atoms with Crippen LogP contribution in [-0.2, 0) is 22.4 Å². The lowest BCUT2D eigenvalue weighted by Gasteiger charge is -2.36. The van der Waals surface area contributed by atoms with Gasteiger partial charge in [0.25, 0.3) is 5.92 Å². The van der Waals surface area contributed by atoms with Crippen LogP contribution in [0.5, 0.6) is 0 Å². The van der Waals surface area contributed by atoms with Crippen LogP contribution in [0.1, 0.15) is 89.2 Å². The molecule has 2 saturated carbocycles. The van der Waals surface area contributed by atoms with Crippen LogP contribution in [0, 0.1) is 17.8 Å². The second-order valence-electron chi connectivity index (χ2n) is 9.55. The van der Waals surface area contributed by atoms with E-state index in [1.165, 1.54) is 17.5 Å². The molecule has 0 amide bonds. The summed E-state index contributed by atoms with van der Waals surface area (Å²) in [6.07, 6.45) is 9.55. The van der Waals surface area contributed by atoms with E-state index in [1.807, 2.05) is 6.92 Å². The molecule has 2 atom stereocenters. The van der Waals surface area contributed by atoms with E-state index in [4.69, 9.17) is 4.74 Å². The summed E-state index contributed by atoms with van der Waals surface area (Å²) in [5, 5.41) is 0. The van der Waals surface area contributed by atoms with Crippen molar-refractivity contribution >= 4 is 5.97 Å². The summed E-state index contributed by atoms with van der Waals surface area (Å²) >= 11 is 0. The first-order chi connectivity index (χ1) is 14.4. The van der Waals surface area contributed by atoms with Gasteiger partial charge in [0.2, 0.25) is 0 Å². The highest BCUT2D eigenvalue weighted by Gasteiger charge is 2.49. The number of carbonyl (C=O) groups is 1. The Morgan fingerprint density at radius 3 is 2.10 bits per heavy atom. The Balaban J connectivity index is 1.39. The number of ether oxygens (including phenoxy) is 1. The van der Waals surface area contributed by atoms with E-state index in [2.05, 4.69) is 31.2 Å². The Morgan fingerprint density at radius 1 is 0.933 bits per heavy atom. The van der Waals surface area contributed by atoms with Crippen molar-refractivity contribution in [2.45, 2.75) is 103 Å². The molecule has 1 aromatic carbocycles. The van der Waals surface area contributed by atoms with Gasteiger partial charge in [0.15, 0.2) is 0 Å². The standard InChI is InChI=1S/C26H38F2O2/c1-3-5-20-6-8-21(9-7-20)10-11-22-12-15-23(16-13-22)30-25(29)24-17-14-19(4-2)18-26(24,27)28/h6-9,19,22-24H,3-5,10-18H2,1-2H3. The minimum atomic E-state index is -2.92. The molecule has 0 saturated heterocycles. The maximum Gasteiger partial charge on any atom is 0.315 e. The summed E-state index contributed by atoms with van der Waals surface area (Å²) in [6.45, 7) is 4.14. The quantitative estimate of drug-likeness (QED) is 0.418. The normalized spacial score (nSPS) is 28.8. The first kappa shape index (κ1) is 23.2. The van der Waals surface area contributed by atoms with Gasteiger partial charge in [-0.1, -0.05) is 51.0 Å². The Kier molecular flexibility index (Phi) is 8.30. The van der Waals surface area contributed by atoms with E-state index in [9.17, 15) is 13.6 Å².